The van der Waals surface area contributed by atoms with Gasteiger partial charge in [-0.25, -0.2) is 34.1 Å². The van der Waals surface area contributed by atoms with Crippen molar-refractivity contribution in [1.29, 1.82) is 0 Å². The lowest BCUT2D eigenvalue weighted by Crippen LogP contribution is -1.93. The van der Waals surface area contributed by atoms with Gasteiger partial charge in [-0.3, -0.25) is 0 Å². The number of hydrogen-bond acceptors (Lipinski definition) is 8. The molecule has 0 atom stereocenters. The van der Waals surface area contributed by atoms with E-state index in [-0.39, 0.29) is 0 Å². The van der Waals surface area contributed by atoms with Crippen molar-refractivity contribution in [2.75, 3.05) is 48.8 Å². The molecule has 0 aromatic rings. The maximum absolute atomic E-state index is 9.15. The average molecular weight is 479 g/mol. The molecule has 9 nitrogen and oxygen atoms in total. The quantitative estimate of drug-likeness (QED) is 0.174. The molecule has 204 valence electrons. The Kier molecular flexibility index (Phi) is 86.7. The van der Waals surface area contributed by atoms with Crippen LogP contribution in [0.2, 0.25) is 0 Å². The van der Waals surface area contributed by atoms with Crippen LogP contribution in [0.3, 0.4) is 0 Å². The first kappa shape index (κ1) is 48.5. The van der Waals surface area contributed by atoms with Crippen LogP contribution in [0.25, 0.3) is 0 Å². The van der Waals surface area contributed by atoms with E-state index in [1.807, 2.05) is 13.8 Å². The van der Waals surface area contributed by atoms with E-state index in [1.54, 1.807) is 0 Å². The van der Waals surface area contributed by atoms with Crippen molar-refractivity contribution in [3.05, 3.63) is 0 Å². The third kappa shape index (κ3) is 354. The fraction of sp³-hybridized carbons (Fsp3) is 0.957. The Labute approximate surface area is 199 Å². The van der Waals surface area contributed by atoms with Crippen LogP contribution in [0.15, 0.2) is 0 Å². The zero-order valence-corrected chi connectivity index (χ0v) is 24.0. The molecular weight excluding hydrogens is 420 g/mol. The fourth-order valence-electron chi connectivity index (χ4n) is 0.333. The van der Waals surface area contributed by atoms with Crippen LogP contribution in [0.1, 0.15) is 94.9 Å². The summed E-state index contributed by atoms with van der Waals surface area (Å²) in [5.41, 5.74) is 0.500. The molecule has 1 N–H and O–H groups in total. The first-order valence-electron chi connectivity index (χ1n) is 11.0. The minimum atomic E-state index is -1.25. The van der Waals surface area contributed by atoms with Crippen LogP contribution >= 0.6 is 0 Å². The fourth-order valence-corrected chi connectivity index (χ4v) is 0.333. The highest BCUT2D eigenvalue weighted by Crippen LogP contribution is 2.08. The van der Waals surface area contributed by atoms with Gasteiger partial charge < -0.3 is 9.84 Å². The van der Waals surface area contributed by atoms with Crippen LogP contribution in [0.5, 0.6) is 0 Å². The SMILES string of the molecule is CC(C)(C)C.CCC.CCC.CCCOOC.CCCOOC.COC(=O)O.COOC. The third-order valence-corrected chi connectivity index (χ3v) is 1.15. The van der Waals surface area contributed by atoms with E-state index in [4.69, 9.17) is 9.90 Å². The van der Waals surface area contributed by atoms with Gasteiger partial charge in [0.2, 0.25) is 0 Å². The molecule has 0 rings (SSSR count). The summed E-state index contributed by atoms with van der Waals surface area (Å²) in [7, 11) is 7.04. The molecule has 0 heterocycles. The summed E-state index contributed by atoms with van der Waals surface area (Å²) < 4.78 is 3.67. The third-order valence-electron chi connectivity index (χ3n) is 1.15. The van der Waals surface area contributed by atoms with Gasteiger partial charge in [0.05, 0.1) is 48.8 Å². The van der Waals surface area contributed by atoms with Crippen LogP contribution in [0, 0.1) is 5.41 Å². The maximum atomic E-state index is 9.15. The first-order chi connectivity index (χ1) is 14.8. The Balaban J connectivity index is -0.0000000463. The lowest BCUT2D eigenvalue weighted by molar-refractivity contribution is -0.272. The molecule has 0 aliphatic heterocycles. The Morgan fingerprint density at radius 3 is 0.844 bits per heavy atom. The molecule has 0 radical (unpaired) electrons. The smallest absolute Gasteiger partial charge is 0.450 e. The Morgan fingerprint density at radius 1 is 0.625 bits per heavy atom. The van der Waals surface area contributed by atoms with Gasteiger partial charge in [-0.05, 0) is 18.3 Å². The zero-order valence-electron chi connectivity index (χ0n) is 24.0. The molecule has 0 saturated heterocycles. The maximum Gasteiger partial charge on any atom is 0.505 e. The second-order valence-electron chi connectivity index (χ2n) is 7.19. The van der Waals surface area contributed by atoms with Crippen molar-refractivity contribution in [3.8, 4) is 0 Å². The minimum Gasteiger partial charge on any atom is -0.450 e. The first-order valence-corrected chi connectivity index (χ1v) is 11.0. The highest BCUT2D eigenvalue weighted by atomic mass is 17.2. The normalized spacial score (nSPS) is 8.34. The van der Waals surface area contributed by atoms with Gasteiger partial charge in [0, 0.05) is 0 Å². The van der Waals surface area contributed by atoms with Crippen molar-refractivity contribution >= 4 is 6.16 Å². The van der Waals surface area contributed by atoms with E-state index in [1.165, 1.54) is 41.3 Å². The molecule has 32 heavy (non-hydrogen) atoms. The monoisotopic (exact) mass is 478 g/mol. The predicted molar refractivity (Wildman–Crippen MR) is 133 cm³/mol. The summed E-state index contributed by atoms with van der Waals surface area (Å²) >= 11 is 0. The Morgan fingerprint density at radius 2 is 0.812 bits per heavy atom. The van der Waals surface area contributed by atoms with E-state index in [9.17, 15) is 0 Å². The number of rotatable bonds is 7. The highest BCUT2D eigenvalue weighted by Gasteiger charge is 1.95. The molecular formula is C23H58O9. The van der Waals surface area contributed by atoms with E-state index in [2.05, 4.69) is 89.5 Å². The molecule has 0 aliphatic carbocycles. The average Bonchev–Trinajstić information content (AvgIpc) is 2.71. The molecule has 0 aromatic heterocycles. The molecule has 0 saturated carbocycles. The largest absolute Gasteiger partial charge is 0.505 e. The summed E-state index contributed by atoms with van der Waals surface area (Å²) in [5.74, 6) is 0. The van der Waals surface area contributed by atoms with Crippen molar-refractivity contribution in [2.24, 2.45) is 5.41 Å². The highest BCUT2D eigenvalue weighted by molar-refractivity contribution is 5.56. The summed E-state index contributed by atoms with van der Waals surface area (Å²) in [6, 6.07) is 0. The topological polar surface area (TPSA) is 102 Å². The summed E-state index contributed by atoms with van der Waals surface area (Å²) in [5, 5.41) is 7.50. The van der Waals surface area contributed by atoms with Gasteiger partial charge in [0.1, 0.15) is 0 Å². The molecule has 0 fully saturated rings. The summed E-state index contributed by atoms with van der Waals surface area (Å²) in [6.07, 6.45) is 3.27. The lowest BCUT2D eigenvalue weighted by atomic mass is 10.0. The molecule has 0 bridgehead atoms. The molecule has 0 spiro atoms. The van der Waals surface area contributed by atoms with E-state index in [0.29, 0.717) is 18.6 Å². The number of carbonyl (C=O) groups is 1. The number of carboxylic acid groups (broad SMARTS) is 1. The Hall–Kier alpha value is -0.970. The number of methoxy groups -OCH3 is 1. The summed E-state index contributed by atoms with van der Waals surface area (Å²) in [6.45, 7) is 22.7. The van der Waals surface area contributed by atoms with E-state index < -0.39 is 6.16 Å². The van der Waals surface area contributed by atoms with E-state index in [0.717, 1.165) is 20.0 Å². The van der Waals surface area contributed by atoms with Crippen molar-refractivity contribution in [2.45, 2.75) is 94.9 Å². The second kappa shape index (κ2) is 57.2. The van der Waals surface area contributed by atoms with Gasteiger partial charge in [-0.15, -0.1) is 0 Å². The minimum absolute atomic E-state index is 0.500. The van der Waals surface area contributed by atoms with Crippen molar-refractivity contribution < 1.29 is 44.0 Å². The van der Waals surface area contributed by atoms with Gasteiger partial charge in [-0.1, -0.05) is 82.1 Å². The molecule has 0 aromatic carbocycles. The van der Waals surface area contributed by atoms with Gasteiger partial charge in [0.25, 0.3) is 0 Å². The molecule has 9 heteroatoms. The lowest BCUT2D eigenvalue weighted by Gasteiger charge is -2.05. The van der Waals surface area contributed by atoms with Crippen LogP contribution in [-0.4, -0.2) is 60.0 Å². The summed E-state index contributed by atoms with van der Waals surface area (Å²) in [4.78, 5) is 34.8. The molecule has 0 amide bonds. The van der Waals surface area contributed by atoms with Crippen LogP contribution < -0.4 is 0 Å². The second-order valence-corrected chi connectivity index (χ2v) is 7.19. The van der Waals surface area contributed by atoms with Gasteiger partial charge in [0.15, 0.2) is 0 Å². The van der Waals surface area contributed by atoms with Gasteiger partial charge in [-0.2, -0.15) is 0 Å². The van der Waals surface area contributed by atoms with E-state index >= 15 is 0 Å². The van der Waals surface area contributed by atoms with Gasteiger partial charge >= 0.3 is 6.16 Å². The van der Waals surface area contributed by atoms with Crippen molar-refractivity contribution in [3.63, 3.8) is 0 Å². The standard InChI is InChI=1S/C5H12.2C4H10O2.2C3H8.C2H4O3.C2H6O2/c1-5(2,3)4;2*1-3-4-6-5-2;2*1-3-2;1-5-2(3)4;1-3-4-2/h1-4H3;2*3-4H2,1-2H3;2*3H2,1-2H3;1H3,(H,3,4);1-2H3. The molecule has 0 aliphatic rings. The predicted octanol–water partition coefficient (Wildman–Crippen LogP) is 7.34. The molecule has 0 unspecified atom stereocenters. The number of hydrogen-bond donors (Lipinski definition) is 1. The number of ether oxygens (including phenoxy) is 1. The zero-order chi connectivity index (χ0) is 27.3. The van der Waals surface area contributed by atoms with Crippen LogP contribution in [0.4, 0.5) is 4.79 Å². The van der Waals surface area contributed by atoms with Crippen LogP contribution in [-0.2, 0) is 34.1 Å². The van der Waals surface area contributed by atoms with Crippen molar-refractivity contribution in [1.82, 2.24) is 0 Å². The Bertz CT molecular complexity index is 220.